The summed E-state index contributed by atoms with van der Waals surface area (Å²) in [5.41, 5.74) is 0.538. The fraction of sp³-hybridized carbons (Fsp3) is 0.900. The number of hydrogen-bond acceptors (Lipinski definition) is 4. The normalized spacial score (nSPS) is 45.0. The number of rotatable bonds is 5. The van der Waals surface area contributed by atoms with Crippen LogP contribution in [0.4, 0.5) is 0 Å². The molecule has 0 bridgehead atoms. The number of ketones is 1. The molecule has 3 fully saturated rings. The topological polar surface area (TPSA) is 77.8 Å². The Morgan fingerprint density at radius 2 is 1.79 bits per heavy atom. The average Bonchev–Trinajstić information content (AvgIpc) is 2.82. The number of aliphatic hydroxyl groups is 3. The third kappa shape index (κ3) is 4.14. The van der Waals surface area contributed by atoms with Gasteiger partial charge in [-0.25, -0.2) is 0 Å². The van der Waals surface area contributed by atoms with Crippen molar-refractivity contribution >= 4 is 5.78 Å². The molecule has 9 atom stereocenters. The lowest BCUT2D eigenvalue weighted by Crippen LogP contribution is -2.50. The summed E-state index contributed by atoms with van der Waals surface area (Å²) in [6.45, 7) is 15.1. The van der Waals surface area contributed by atoms with Crippen LogP contribution in [0.5, 0.6) is 0 Å². The summed E-state index contributed by atoms with van der Waals surface area (Å²) in [6, 6.07) is 0. The highest BCUT2D eigenvalue weighted by Gasteiger charge is 2.64. The minimum absolute atomic E-state index is 0.0461. The molecule has 4 aliphatic rings. The van der Waals surface area contributed by atoms with E-state index < -0.39 is 17.8 Å². The van der Waals surface area contributed by atoms with Crippen LogP contribution in [0.2, 0.25) is 0 Å². The van der Waals surface area contributed by atoms with Crippen LogP contribution in [0.15, 0.2) is 11.6 Å². The smallest absolute Gasteiger partial charge is 0.137 e. The van der Waals surface area contributed by atoms with Crippen LogP contribution in [-0.2, 0) is 4.79 Å². The van der Waals surface area contributed by atoms with Gasteiger partial charge in [-0.1, -0.05) is 52.7 Å². The molecular weight excluding hydrogens is 424 g/mol. The lowest BCUT2D eigenvalue weighted by molar-refractivity contribution is -0.124. The molecule has 0 aromatic heterocycles. The van der Waals surface area contributed by atoms with Crippen LogP contribution in [0, 0.1) is 45.8 Å². The van der Waals surface area contributed by atoms with Crippen molar-refractivity contribution in [1.29, 1.82) is 0 Å². The van der Waals surface area contributed by atoms with Gasteiger partial charge in [0.15, 0.2) is 0 Å². The largest absolute Gasteiger partial charge is 0.393 e. The van der Waals surface area contributed by atoms with Gasteiger partial charge >= 0.3 is 0 Å². The molecule has 0 radical (unpaired) electrons. The van der Waals surface area contributed by atoms with Crippen molar-refractivity contribution in [2.75, 3.05) is 0 Å². The van der Waals surface area contributed by atoms with Crippen molar-refractivity contribution in [2.24, 2.45) is 45.8 Å². The van der Waals surface area contributed by atoms with E-state index in [1.165, 1.54) is 5.57 Å². The van der Waals surface area contributed by atoms with Gasteiger partial charge in [0.1, 0.15) is 5.78 Å². The van der Waals surface area contributed by atoms with E-state index in [9.17, 15) is 20.1 Å². The lowest BCUT2D eigenvalue weighted by Gasteiger charge is -2.53. The summed E-state index contributed by atoms with van der Waals surface area (Å²) >= 11 is 0. The molecule has 4 rings (SSSR count). The highest BCUT2D eigenvalue weighted by molar-refractivity contribution is 5.86. The minimum Gasteiger partial charge on any atom is -0.393 e. The van der Waals surface area contributed by atoms with Crippen molar-refractivity contribution in [1.82, 2.24) is 0 Å². The first kappa shape index (κ1) is 26.4. The van der Waals surface area contributed by atoms with E-state index >= 15 is 0 Å². The van der Waals surface area contributed by atoms with Crippen LogP contribution >= 0.6 is 0 Å². The van der Waals surface area contributed by atoms with Crippen molar-refractivity contribution in [3.8, 4) is 0 Å². The number of carbonyl (C=O) groups is 1. The van der Waals surface area contributed by atoms with Gasteiger partial charge < -0.3 is 15.3 Å². The van der Waals surface area contributed by atoms with Gasteiger partial charge in [-0.2, -0.15) is 0 Å². The number of allylic oxidation sites excluding steroid dienone is 2. The molecule has 3 N–H and O–H groups in total. The maximum atomic E-state index is 13.6. The molecule has 0 aliphatic heterocycles. The molecule has 0 unspecified atom stereocenters. The zero-order valence-electron chi connectivity index (χ0n) is 22.7. The van der Waals surface area contributed by atoms with Gasteiger partial charge in [0.05, 0.1) is 17.8 Å². The zero-order valence-corrected chi connectivity index (χ0v) is 22.7. The van der Waals surface area contributed by atoms with Crippen LogP contribution in [-0.4, -0.2) is 38.9 Å². The first-order chi connectivity index (χ1) is 15.6. The molecule has 194 valence electrons. The second-order valence-corrected chi connectivity index (χ2v) is 14.4. The Bertz CT molecular complexity index is 822. The van der Waals surface area contributed by atoms with E-state index in [-0.39, 0.29) is 28.1 Å². The van der Waals surface area contributed by atoms with Crippen LogP contribution in [0.25, 0.3) is 0 Å². The molecule has 0 aromatic carbocycles. The molecule has 0 heterocycles. The summed E-state index contributed by atoms with van der Waals surface area (Å²) in [7, 11) is 0. The van der Waals surface area contributed by atoms with Crippen molar-refractivity contribution in [3.63, 3.8) is 0 Å². The molecule has 3 saturated carbocycles. The quantitative estimate of drug-likeness (QED) is 0.448. The van der Waals surface area contributed by atoms with E-state index in [4.69, 9.17) is 0 Å². The van der Waals surface area contributed by atoms with Gasteiger partial charge in [-0.3, -0.25) is 4.79 Å². The summed E-state index contributed by atoms with van der Waals surface area (Å²) in [5.74, 6) is 1.73. The SMILES string of the molecule is C[C@@H](CCCC(C)(C)O)[C@H]1C(=O)C[C@@]2(C)[C@@H]3CC[C@@H]4[C@@H](CC3=CC[C@]12C)[C@@H](O)C[C@H](O)C4(C)C. The Hall–Kier alpha value is -0.710. The molecule has 0 amide bonds. The van der Waals surface area contributed by atoms with E-state index in [2.05, 4.69) is 40.7 Å². The molecule has 4 aliphatic carbocycles. The minimum atomic E-state index is -0.649. The molecule has 4 nitrogen and oxygen atoms in total. The van der Waals surface area contributed by atoms with Crippen molar-refractivity contribution in [3.05, 3.63) is 11.6 Å². The maximum Gasteiger partial charge on any atom is 0.137 e. The fourth-order valence-corrected chi connectivity index (χ4v) is 9.12. The molecule has 4 heteroatoms. The van der Waals surface area contributed by atoms with Gasteiger partial charge in [-0.15, -0.1) is 0 Å². The Labute approximate surface area is 207 Å². The summed E-state index contributed by atoms with van der Waals surface area (Å²) in [6.07, 6.45) is 9.32. The van der Waals surface area contributed by atoms with Gasteiger partial charge in [0.2, 0.25) is 0 Å². The van der Waals surface area contributed by atoms with E-state index in [1.54, 1.807) is 0 Å². The van der Waals surface area contributed by atoms with Crippen molar-refractivity contribution < 1.29 is 20.1 Å². The summed E-state index contributed by atoms with van der Waals surface area (Å²) in [4.78, 5) is 13.6. The monoisotopic (exact) mass is 474 g/mol. The number of hydrogen-bond donors (Lipinski definition) is 3. The van der Waals surface area contributed by atoms with E-state index in [0.29, 0.717) is 36.4 Å². The fourth-order valence-electron chi connectivity index (χ4n) is 9.12. The Morgan fingerprint density at radius 1 is 1.12 bits per heavy atom. The number of Topliss-reactive ketones (excluding diaryl/α,β-unsaturated/α-hetero) is 1. The number of fused-ring (bicyclic) bond motifs is 4. The second-order valence-electron chi connectivity index (χ2n) is 14.4. The Morgan fingerprint density at radius 3 is 2.44 bits per heavy atom. The molecule has 0 saturated heterocycles. The first-order valence-electron chi connectivity index (χ1n) is 13.9. The number of carbonyl (C=O) groups excluding carboxylic acids is 1. The number of aliphatic hydroxyl groups excluding tert-OH is 2. The third-order valence-electron chi connectivity index (χ3n) is 11.4. The van der Waals surface area contributed by atoms with E-state index in [0.717, 1.165) is 44.9 Å². The van der Waals surface area contributed by atoms with Crippen molar-refractivity contribution in [2.45, 2.75) is 124 Å². The predicted octanol–water partition coefficient (Wildman–Crippen LogP) is 5.68. The average molecular weight is 475 g/mol. The van der Waals surface area contributed by atoms with Crippen LogP contribution in [0.3, 0.4) is 0 Å². The maximum absolute atomic E-state index is 13.6. The van der Waals surface area contributed by atoms with Crippen LogP contribution < -0.4 is 0 Å². The summed E-state index contributed by atoms with van der Waals surface area (Å²) in [5, 5.41) is 31.9. The van der Waals surface area contributed by atoms with Gasteiger partial charge in [-0.05, 0) is 92.3 Å². The molecule has 34 heavy (non-hydrogen) atoms. The van der Waals surface area contributed by atoms with Gasteiger partial charge in [0.25, 0.3) is 0 Å². The Kier molecular flexibility index (Phi) is 6.74. The first-order valence-corrected chi connectivity index (χ1v) is 13.9. The second kappa shape index (κ2) is 8.70. The highest BCUT2D eigenvalue weighted by atomic mass is 16.3. The molecule has 0 aromatic rings. The predicted molar refractivity (Wildman–Crippen MR) is 136 cm³/mol. The summed E-state index contributed by atoms with van der Waals surface area (Å²) < 4.78 is 0. The Balaban J connectivity index is 1.59. The standard InChI is InChI=1S/C30H50O4/c1-18(9-8-13-27(2,3)34)26-24(32)17-30(7)21-10-11-22-20(15-19(21)12-14-29(26,30)6)23(31)16-25(33)28(22,4)5/h12,18,20-23,25-26,31,33-34H,8-11,13-17H2,1-7H3/t18-,20+,21+,22+,23-,25-,26-,29+,30-/m0/s1. The third-order valence-corrected chi connectivity index (χ3v) is 11.4. The lowest BCUT2D eigenvalue weighted by atomic mass is 9.51. The highest BCUT2D eigenvalue weighted by Crippen LogP contribution is 2.68. The molecular formula is C30H50O4. The van der Waals surface area contributed by atoms with E-state index in [1.807, 2.05) is 13.8 Å². The van der Waals surface area contributed by atoms with Crippen LogP contribution in [0.1, 0.15) is 106 Å². The zero-order chi connectivity index (χ0) is 25.3. The van der Waals surface area contributed by atoms with Gasteiger partial charge in [0, 0.05) is 18.8 Å². The molecule has 0 spiro atoms.